The van der Waals surface area contributed by atoms with Gasteiger partial charge in [0.2, 0.25) is 0 Å². The van der Waals surface area contributed by atoms with Gasteiger partial charge in [-0.25, -0.2) is 14.4 Å². The van der Waals surface area contributed by atoms with E-state index in [-0.39, 0.29) is 16.8 Å². The lowest BCUT2D eigenvalue weighted by Gasteiger charge is -2.12. The van der Waals surface area contributed by atoms with Crippen molar-refractivity contribution < 1.29 is 23.9 Å². The Morgan fingerprint density at radius 3 is 2.32 bits per heavy atom. The van der Waals surface area contributed by atoms with E-state index in [1.807, 2.05) is 0 Å². The van der Waals surface area contributed by atoms with Gasteiger partial charge in [-0.05, 0) is 35.9 Å². The number of methoxy groups -OCH3 is 2. The first-order valence-corrected chi connectivity index (χ1v) is 7.29. The summed E-state index contributed by atoms with van der Waals surface area (Å²) in [5.74, 6) is -1.28. The Morgan fingerprint density at radius 1 is 1.00 bits per heavy atom. The lowest BCUT2D eigenvalue weighted by atomic mass is 10.1. The molecule has 0 atom stereocenters. The molecule has 0 fully saturated rings. The van der Waals surface area contributed by atoms with E-state index in [4.69, 9.17) is 0 Å². The van der Waals surface area contributed by atoms with Gasteiger partial charge in [0, 0.05) is 18.9 Å². The smallest absolute Gasteiger partial charge is 0.340 e. The summed E-state index contributed by atoms with van der Waals surface area (Å²) < 4.78 is 9.30. The number of esters is 2. The SMILES string of the molecule is COC(=O)c1ccc(NC(=O)NCc2ccncc2)c(C(=O)OC)c1. The minimum absolute atomic E-state index is 0.0458. The molecule has 0 aliphatic carbocycles. The fourth-order valence-corrected chi connectivity index (χ4v) is 2.03. The molecular weight excluding hydrogens is 326 g/mol. The maximum absolute atomic E-state index is 12.0. The Morgan fingerprint density at radius 2 is 1.68 bits per heavy atom. The monoisotopic (exact) mass is 343 g/mol. The van der Waals surface area contributed by atoms with Gasteiger partial charge in [0.05, 0.1) is 31.0 Å². The van der Waals surface area contributed by atoms with Crippen LogP contribution in [0.25, 0.3) is 0 Å². The van der Waals surface area contributed by atoms with E-state index in [2.05, 4.69) is 25.1 Å². The van der Waals surface area contributed by atoms with Gasteiger partial charge in [0.1, 0.15) is 0 Å². The predicted molar refractivity (Wildman–Crippen MR) is 89.2 cm³/mol. The maximum atomic E-state index is 12.0. The number of rotatable bonds is 5. The zero-order chi connectivity index (χ0) is 18.2. The highest BCUT2D eigenvalue weighted by molar-refractivity contribution is 6.03. The first-order chi connectivity index (χ1) is 12.0. The summed E-state index contributed by atoms with van der Waals surface area (Å²) in [6.07, 6.45) is 3.24. The minimum atomic E-state index is -0.685. The molecule has 0 radical (unpaired) electrons. The number of benzene rings is 1. The first-order valence-electron chi connectivity index (χ1n) is 7.29. The molecule has 2 aromatic rings. The molecule has 2 rings (SSSR count). The number of amides is 2. The fraction of sp³-hybridized carbons (Fsp3) is 0.176. The third-order valence-electron chi connectivity index (χ3n) is 3.30. The van der Waals surface area contributed by atoms with E-state index in [1.165, 1.54) is 32.4 Å². The van der Waals surface area contributed by atoms with Gasteiger partial charge in [-0.3, -0.25) is 4.98 Å². The summed E-state index contributed by atoms with van der Waals surface area (Å²) in [6.45, 7) is 0.294. The summed E-state index contributed by atoms with van der Waals surface area (Å²) in [6, 6.07) is 7.21. The largest absolute Gasteiger partial charge is 0.465 e. The van der Waals surface area contributed by atoms with E-state index in [9.17, 15) is 14.4 Å². The quantitative estimate of drug-likeness (QED) is 0.804. The number of carbonyl (C=O) groups is 3. The number of hydrogen-bond donors (Lipinski definition) is 2. The van der Waals surface area contributed by atoms with Crippen LogP contribution in [0.5, 0.6) is 0 Å². The maximum Gasteiger partial charge on any atom is 0.340 e. The van der Waals surface area contributed by atoms with Crippen molar-refractivity contribution in [3.63, 3.8) is 0 Å². The van der Waals surface area contributed by atoms with Crippen LogP contribution < -0.4 is 10.6 Å². The Labute approximate surface area is 144 Å². The number of urea groups is 1. The van der Waals surface area contributed by atoms with Crippen molar-refractivity contribution in [2.75, 3.05) is 19.5 Å². The first kappa shape index (κ1) is 17.9. The van der Waals surface area contributed by atoms with Crippen LogP contribution in [-0.2, 0) is 16.0 Å². The molecule has 8 heteroatoms. The zero-order valence-corrected chi connectivity index (χ0v) is 13.7. The van der Waals surface area contributed by atoms with E-state index >= 15 is 0 Å². The second-order valence-corrected chi connectivity index (χ2v) is 4.91. The van der Waals surface area contributed by atoms with Gasteiger partial charge in [0.25, 0.3) is 0 Å². The normalized spacial score (nSPS) is 9.84. The number of carbonyl (C=O) groups excluding carboxylic acids is 3. The Kier molecular flexibility index (Phi) is 6.05. The number of pyridine rings is 1. The van der Waals surface area contributed by atoms with Gasteiger partial charge in [-0.1, -0.05) is 0 Å². The van der Waals surface area contributed by atoms with Crippen LogP contribution in [0.2, 0.25) is 0 Å². The lowest BCUT2D eigenvalue weighted by molar-refractivity contribution is 0.0600. The molecule has 0 aliphatic rings. The van der Waals surface area contributed by atoms with Crippen molar-refractivity contribution in [1.82, 2.24) is 10.3 Å². The van der Waals surface area contributed by atoms with E-state index in [0.29, 0.717) is 6.54 Å². The Balaban J connectivity index is 2.13. The minimum Gasteiger partial charge on any atom is -0.465 e. The molecule has 1 aromatic heterocycles. The van der Waals surface area contributed by atoms with Crippen LogP contribution in [0.1, 0.15) is 26.3 Å². The summed E-state index contributed by atoms with van der Waals surface area (Å²) in [7, 11) is 2.44. The standard InChI is InChI=1S/C17H17N3O5/c1-24-15(21)12-3-4-14(13(9-12)16(22)25-2)20-17(23)19-10-11-5-7-18-8-6-11/h3-9H,10H2,1-2H3,(H2,19,20,23). The summed E-state index contributed by atoms with van der Waals surface area (Å²) in [5.41, 5.74) is 1.31. The zero-order valence-electron chi connectivity index (χ0n) is 13.7. The third-order valence-corrected chi connectivity index (χ3v) is 3.30. The van der Waals surface area contributed by atoms with E-state index < -0.39 is 18.0 Å². The van der Waals surface area contributed by atoms with Crippen LogP contribution in [0, 0.1) is 0 Å². The van der Waals surface area contributed by atoms with Crippen LogP contribution in [0.15, 0.2) is 42.7 Å². The molecule has 0 bridgehead atoms. The molecule has 25 heavy (non-hydrogen) atoms. The molecule has 0 saturated heterocycles. The van der Waals surface area contributed by atoms with Crippen molar-refractivity contribution in [3.8, 4) is 0 Å². The third kappa shape index (κ3) is 4.77. The Hall–Kier alpha value is -3.42. The average molecular weight is 343 g/mol. The van der Waals surface area contributed by atoms with Gasteiger partial charge >= 0.3 is 18.0 Å². The molecule has 0 saturated carbocycles. The van der Waals surface area contributed by atoms with Gasteiger partial charge in [-0.2, -0.15) is 0 Å². The number of aromatic nitrogens is 1. The Bertz CT molecular complexity index is 777. The van der Waals surface area contributed by atoms with Crippen molar-refractivity contribution in [2.24, 2.45) is 0 Å². The topological polar surface area (TPSA) is 107 Å². The van der Waals surface area contributed by atoms with E-state index in [0.717, 1.165) is 5.56 Å². The van der Waals surface area contributed by atoms with Crippen molar-refractivity contribution >= 4 is 23.7 Å². The highest BCUT2D eigenvalue weighted by Gasteiger charge is 2.17. The molecular formula is C17H17N3O5. The molecule has 1 heterocycles. The molecule has 0 aliphatic heterocycles. The van der Waals surface area contributed by atoms with Gasteiger partial charge in [0.15, 0.2) is 0 Å². The van der Waals surface area contributed by atoms with Crippen molar-refractivity contribution in [1.29, 1.82) is 0 Å². The molecule has 8 nitrogen and oxygen atoms in total. The van der Waals surface area contributed by atoms with Crippen LogP contribution in [0.4, 0.5) is 10.5 Å². The number of anilines is 1. The van der Waals surface area contributed by atoms with E-state index in [1.54, 1.807) is 24.5 Å². The van der Waals surface area contributed by atoms with Crippen LogP contribution in [-0.4, -0.2) is 37.2 Å². The summed E-state index contributed by atoms with van der Waals surface area (Å²) in [4.78, 5) is 39.4. The van der Waals surface area contributed by atoms with Crippen molar-refractivity contribution in [2.45, 2.75) is 6.54 Å². The number of ether oxygens (including phenoxy) is 2. The molecule has 130 valence electrons. The number of hydrogen-bond acceptors (Lipinski definition) is 6. The predicted octanol–water partition coefficient (Wildman–Crippen LogP) is 1.98. The summed E-state index contributed by atoms with van der Waals surface area (Å²) >= 11 is 0. The number of nitrogens with zero attached hydrogens (tertiary/aromatic N) is 1. The van der Waals surface area contributed by atoms with Gasteiger partial charge < -0.3 is 20.1 Å². The highest BCUT2D eigenvalue weighted by Crippen LogP contribution is 2.19. The molecule has 0 spiro atoms. The van der Waals surface area contributed by atoms with Crippen LogP contribution >= 0.6 is 0 Å². The fourth-order valence-electron chi connectivity index (χ4n) is 2.03. The molecule has 2 N–H and O–H groups in total. The highest BCUT2D eigenvalue weighted by atomic mass is 16.5. The number of nitrogens with one attached hydrogen (secondary N) is 2. The second-order valence-electron chi connectivity index (χ2n) is 4.91. The lowest BCUT2D eigenvalue weighted by Crippen LogP contribution is -2.29. The van der Waals surface area contributed by atoms with Crippen molar-refractivity contribution in [3.05, 3.63) is 59.4 Å². The second kappa shape index (κ2) is 8.44. The average Bonchev–Trinajstić information content (AvgIpc) is 2.66. The molecule has 0 unspecified atom stereocenters. The summed E-state index contributed by atoms with van der Waals surface area (Å²) in [5, 5.41) is 5.22. The molecule has 2 amide bonds. The van der Waals surface area contributed by atoms with Crippen LogP contribution in [0.3, 0.4) is 0 Å². The molecule has 1 aromatic carbocycles. The van der Waals surface area contributed by atoms with Gasteiger partial charge in [-0.15, -0.1) is 0 Å².